The lowest BCUT2D eigenvalue weighted by Gasteiger charge is -2.21. The quantitative estimate of drug-likeness (QED) is 0.690. The van der Waals surface area contributed by atoms with E-state index in [1.165, 1.54) is 0 Å². The van der Waals surface area contributed by atoms with Crippen molar-refractivity contribution in [1.82, 2.24) is 10.1 Å². The lowest BCUT2D eigenvalue weighted by atomic mass is 10.1. The van der Waals surface area contributed by atoms with Crippen LogP contribution in [-0.2, 0) is 4.79 Å². The van der Waals surface area contributed by atoms with Gasteiger partial charge in [0, 0.05) is 49.9 Å². The molecule has 0 saturated carbocycles. The summed E-state index contributed by atoms with van der Waals surface area (Å²) in [7, 11) is 3.98. The number of hydrogen-bond donors (Lipinski definition) is 0. The Bertz CT molecular complexity index is 1000. The summed E-state index contributed by atoms with van der Waals surface area (Å²) < 4.78 is 5.51. The molecule has 1 fully saturated rings. The first-order valence-electron chi connectivity index (χ1n) is 9.42. The van der Waals surface area contributed by atoms with Crippen LogP contribution in [0.3, 0.4) is 0 Å². The van der Waals surface area contributed by atoms with Gasteiger partial charge in [0.2, 0.25) is 5.91 Å². The number of benzene rings is 2. The first-order chi connectivity index (χ1) is 13.4. The van der Waals surface area contributed by atoms with Crippen molar-refractivity contribution in [3.05, 3.63) is 59.4 Å². The number of carbonyl (C=O) groups is 1. The highest BCUT2D eigenvalue weighted by molar-refractivity contribution is 5.97. The number of hydrogen-bond acceptors (Lipinski definition) is 5. The van der Waals surface area contributed by atoms with Crippen molar-refractivity contribution in [2.24, 2.45) is 0 Å². The van der Waals surface area contributed by atoms with Crippen molar-refractivity contribution in [2.75, 3.05) is 30.4 Å². The van der Waals surface area contributed by atoms with Crippen LogP contribution < -0.4 is 9.80 Å². The summed E-state index contributed by atoms with van der Waals surface area (Å²) in [6.07, 6.45) is 0.393. The molecule has 1 unspecified atom stereocenters. The molecule has 1 aliphatic heterocycles. The molecule has 6 nitrogen and oxygen atoms in total. The Kier molecular flexibility index (Phi) is 4.63. The second-order valence-electron chi connectivity index (χ2n) is 7.55. The molecule has 6 heteroatoms. The van der Waals surface area contributed by atoms with Crippen LogP contribution in [0.1, 0.15) is 29.3 Å². The number of anilines is 2. The van der Waals surface area contributed by atoms with E-state index >= 15 is 0 Å². The van der Waals surface area contributed by atoms with Gasteiger partial charge in [0.1, 0.15) is 0 Å². The van der Waals surface area contributed by atoms with Gasteiger partial charge in [0.25, 0.3) is 5.89 Å². The fraction of sp³-hybridized carbons (Fsp3) is 0.318. The Balaban J connectivity index is 1.59. The second kappa shape index (κ2) is 7.11. The predicted molar refractivity (Wildman–Crippen MR) is 110 cm³/mol. The van der Waals surface area contributed by atoms with E-state index in [-0.39, 0.29) is 11.8 Å². The topological polar surface area (TPSA) is 62.5 Å². The van der Waals surface area contributed by atoms with Crippen molar-refractivity contribution in [3.63, 3.8) is 0 Å². The van der Waals surface area contributed by atoms with Gasteiger partial charge in [-0.2, -0.15) is 4.98 Å². The molecular formula is C22H24N4O2. The van der Waals surface area contributed by atoms with Crippen LogP contribution in [0.5, 0.6) is 0 Å². The first-order valence-corrected chi connectivity index (χ1v) is 9.42. The zero-order chi connectivity index (χ0) is 19.8. The van der Waals surface area contributed by atoms with E-state index in [1.54, 1.807) is 0 Å². The van der Waals surface area contributed by atoms with E-state index < -0.39 is 0 Å². The molecule has 1 amide bonds. The van der Waals surface area contributed by atoms with Crippen molar-refractivity contribution < 1.29 is 9.32 Å². The molecule has 0 radical (unpaired) electrons. The van der Waals surface area contributed by atoms with E-state index in [9.17, 15) is 4.79 Å². The van der Waals surface area contributed by atoms with Gasteiger partial charge in [-0.3, -0.25) is 4.79 Å². The van der Waals surface area contributed by atoms with E-state index in [4.69, 9.17) is 4.52 Å². The van der Waals surface area contributed by atoms with Gasteiger partial charge in [0.05, 0.1) is 0 Å². The maximum absolute atomic E-state index is 12.7. The Labute approximate surface area is 164 Å². The fourth-order valence-corrected chi connectivity index (χ4v) is 3.76. The summed E-state index contributed by atoms with van der Waals surface area (Å²) in [5.41, 5.74) is 5.14. The molecular weight excluding hydrogens is 352 g/mol. The summed E-state index contributed by atoms with van der Waals surface area (Å²) in [5.74, 6) is 1.11. The van der Waals surface area contributed by atoms with Crippen LogP contribution >= 0.6 is 0 Å². The smallest absolute Gasteiger partial charge is 0.258 e. The first kappa shape index (κ1) is 18.2. The number of amides is 1. The highest BCUT2D eigenvalue weighted by Gasteiger charge is 2.35. The highest BCUT2D eigenvalue weighted by atomic mass is 16.5. The SMILES string of the molecule is Cc1cccc(C)c1N1CC(c2noc(-c3cccc(N(C)C)c3)n2)CC1=O. The van der Waals surface area contributed by atoms with Crippen LogP contribution in [0.2, 0.25) is 0 Å². The molecule has 1 saturated heterocycles. The molecule has 2 heterocycles. The molecule has 144 valence electrons. The van der Waals surface area contributed by atoms with Crippen molar-refractivity contribution in [3.8, 4) is 11.5 Å². The summed E-state index contributed by atoms with van der Waals surface area (Å²) in [6.45, 7) is 4.64. The maximum Gasteiger partial charge on any atom is 0.258 e. The third-order valence-electron chi connectivity index (χ3n) is 5.25. The highest BCUT2D eigenvalue weighted by Crippen LogP contribution is 2.35. The molecule has 0 N–H and O–H groups in total. The normalized spacial score (nSPS) is 16.6. The maximum atomic E-state index is 12.7. The number of carbonyl (C=O) groups excluding carboxylic acids is 1. The van der Waals surface area contributed by atoms with Crippen molar-refractivity contribution in [2.45, 2.75) is 26.2 Å². The van der Waals surface area contributed by atoms with Gasteiger partial charge in [-0.25, -0.2) is 0 Å². The van der Waals surface area contributed by atoms with Gasteiger partial charge < -0.3 is 14.3 Å². The molecule has 0 spiro atoms. The van der Waals surface area contributed by atoms with Crippen molar-refractivity contribution >= 4 is 17.3 Å². The largest absolute Gasteiger partial charge is 0.378 e. The number of aryl methyl sites for hydroxylation is 2. The van der Waals surface area contributed by atoms with E-state index in [2.05, 4.69) is 10.1 Å². The Morgan fingerprint density at radius 2 is 1.82 bits per heavy atom. The minimum atomic E-state index is -0.0685. The molecule has 0 aliphatic carbocycles. The second-order valence-corrected chi connectivity index (χ2v) is 7.55. The lowest BCUT2D eigenvalue weighted by molar-refractivity contribution is -0.117. The molecule has 28 heavy (non-hydrogen) atoms. The fourth-order valence-electron chi connectivity index (χ4n) is 3.76. The van der Waals surface area contributed by atoms with E-state index in [0.717, 1.165) is 28.1 Å². The Morgan fingerprint density at radius 3 is 2.54 bits per heavy atom. The van der Waals surface area contributed by atoms with Crippen LogP contribution in [-0.4, -0.2) is 36.7 Å². The standard InChI is InChI=1S/C22H24N4O2/c1-14-7-5-8-15(2)20(14)26-13-17(12-19(26)27)21-23-22(28-24-21)16-9-6-10-18(11-16)25(3)4/h5-11,17H,12-13H2,1-4H3. The van der Waals surface area contributed by atoms with Gasteiger partial charge in [-0.1, -0.05) is 29.4 Å². The average Bonchev–Trinajstić information content (AvgIpc) is 3.29. The van der Waals surface area contributed by atoms with Gasteiger partial charge >= 0.3 is 0 Å². The molecule has 1 aromatic heterocycles. The molecule has 0 bridgehead atoms. The summed E-state index contributed by atoms with van der Waals surface area (Å²) >= 11 is 0. The number of aromatic nitrogens is 2. The molecule has 1 aliphatic rings. The van der Waals surface area contributed by atoms with E-state index in [0.29, 0.717) is 24.7 Å². The molecule has 1 atom stereocenters. The average molecular weight is 376 g/mol. The molecule has 3 aromatic rings. The predicted octanol–water partition coefficient (Wildman–Crippen LogP) is 3.94. The summed E-state index contributed by atoms with van der Waals surface area (Å²) in [5, 5.41) is 4.18. The minimum Gasteiger partial charge on any atom is -0.378 e. The molecule has 4 rings (SSSR count). The van der Waals surface area contributed by atoms with Crippen LogP contribution in [0.25, 0.3) is 11.5 Å². The van der Waals surface area contributed by atoms with Gasteiger partial charge in [-0.05, 0) is 43.2 Å². The Morgan fingerprint density at radius 1 is 1.11 bits per heavy atom. The third-order valence-corrected chi connectivity index (χ3v) is 5.25. The summed E-state index contributed by atoms with van der Waals surface area (Å²) in [6, 6.07) is 14.0. The number of para-hydroxylation sites is 1. The third kappa shape index (κ3) is 3.26. The number of rotatable bonds is 4. The monoisotopic (exact) mass is 376 g/mol. The van der Waals surface area contributed by atoms with Crippen LogP contribution in [0.4, 0.5) is 11.4 Å². The number of nitrogens with zero attached hydrogens (tertiary/aromatic N) is 4. The zero-order valence-electron chi connectivity index (χ0n) is 16.6. The van der Waals surface area contributed by atoms with Gasteiger partial charge in [-0.15, -0.1) is 0 Å². The van der Waals surface area contributed by atoms with Gasteiger partial charge in [0.15, 0.2) is 5.82 Å². The minimum absolute atomic E-state index is 0.0685. The van der Waals surface area contributed by atoms with Crippen molar-refractivity contribution in [1.29, 1.82) is 0 Å². The van der Waals surface area contributed by atoms with Crippen LogP contribution in [0.15, 0.2) is 47.0 Å². The van der Waals surface area contributed by atoms with E-state index in [1.807, 2.05) is 80.2 Å². The summed E-state index contributed by atoms with van der Waals surface area (Å²) in [4.78, 5) is 21.2. The molecule has 2 aromatic carbocycles. The van der Waals surface area contributed by atoms with Crippen LogP contribution in [0, 0.1) is 13.8 Å². The lowest BCUT2D eigenvalue weighted by Crippen LogP contribution is -2.26. The zero-order valence-corrected chi connectivity index (χ0v) is 16.6. The Hall–Kier alpha value is -3.15.